The molecule has 6 heteroatoms. The van der Waals surface area contributed by atoms with Crippen LogP contribution in [0.15, 0.2) is 53.5 Å². The highest BCUT2D eigenvalue weighted by atomic mass is 19.1. The molecule has 0 bridgehead atoms. The van der Waals surface area contributed by atoms with Crippen LogP contribution in [0.4, 0.5) is 4.39 Å². The summed E-state index contributed by atoms with van der Waals surface area (Å²) < 4.78 is 24.1. The highest BCUT2D eigenvalue weighted by Crippen LogP contribution is 2.17. The van der Waals surface area contributed by atoms with Crippen molar-refractivity contribution in [2.24, 2.45) is 4.99 Å². The number of nitrogens with one attached hydrogen (secondary N) is 2. The third-order valence-electron chi connectivity index (χ3n) is 3.56. The summed E-state index contributed by atoms with van der Waals surface area (Å²) in [5.41, 5.74) is 1.87. The summed E-state index contributed by atoms with van der Waals surface area (Å²) in [6.07, 6.45) is 0. The van der Waals surface area contributed by atoms with Gasteiger partial charge in [0.1, 0.15) is 11.6 Å². The Morgan fingerprint density at radius 2 is 1.96 bits per heavy atom. The number of halogens is 1. The molecule has 0 heterocycles. The Kier molecular flexibility index (Phi) is 7.72. The van der Waals surface area contributed by atoms with Crippen LogP contribution >= 0.6 is 0 Å². The third-order valence-corrected chi connectivity index (χ3v) is 3.56. The zero-order valence-corrected chi connectivity index (χ0v) is 14.6. The van der Waals surface area contributed by atoms with Crippen molar-refractivity contribution in [1.82, 2.24) is 10.6 Å². The van der Waals surface area contributed by atoms with E-state index in [9.17, 15) is 4.39 Å². The number of methoxy groups -OCH3 is 1. The summed E-state index contributed by atoms with van der Waals surface area (Å²) in [6.45, 7) is 2.12. The molecule has 0 aliphatic heterocycles. The lowest BCUT2D eigenvalue weighted by Crippen LogP contribution is -2.38. The predicted octanol–water partition coefficient (Wildman–Crippen LogP) is 2.72. The fourth-order valence-electron chi connectivity index (χ4n) is 2.30. The van der Waals surface area contributed by atoms with E-state index in [0.29, 0.717) is 32.3 Å². The first-order valence-corrected chi connectivity index (χ1v) is 8.11. The van der Waals surface area contributed by atoms with Gasteiger partial charge in [-0.05, 0) is 23.8 Å². The molecule has 2 aromatic rings. The van der Waals surface area contributed by atoms with Gasteiger partial charge in [0.2, 0.25) is 0 Å². The Balaban J connectivity index is 1.67. The lowest BCUT2D eigenvalue weighted by molar-refractivity contribution is 0.123. The summed E-state index contributed by atoms with van der Waals surface area (Å²) in [5.74, 6) is 1.22. The molecule has 0 unspecified atom stereocenters. The van der Waals surface area contributed by atoms with E-state index in [1.807, 2.05) is 30.3 Å². The zero-order valence-electron chi connectivity index (χ0n) is 14.6. The van der Waals surface area contributed by atoms with Crippen molar-refractivity contribution in [3.8, 4) is 5.75 Å². The minimum atomic E-state index is -0.244. The van der Waals surface area contributed by atoms with Gasteiger partial charge in [-0.2, -0.15) is 0 Å². The largest absolute Gasteiger partial charge is 0.496 e. The summed E-state index contributed by atoms with van der Waals surface area (Å²) in [5, 5.41) is 6.29. The highest BCUT2D eigenvalue weighted by molar-refractivity contribution is 5.79. The Morgan fingerprint density at radius 1 is 1.12 bits per heavy atom. The molecule has 25 heavy (non-hydrogen) atoms. The second kappa shape index (κ2) is 10.3. The maximum atomic E-state index is 13.2. The van der Waals surface area contributed by atoms with Crippen molar-refractivity contribution in [2.45, 2.75) is 13.2 Å². The van der Waals surface area contributed by atoms with Gasteiger partial charge in [-0.25, -0.2) is 4.39 Å². The maximum absolute atomic E-state index is 13.2. The van der Waals surface area contributed by atoms with E-state index >= 15 is 0 Å². The molecule has 0 saturated carbocycles. The lowest BCUT2D eigenvalue weighted by Gasteiger charge is -2.13. The molecule has 2 N–H and O–H groups in total. The Labute approximate surface area is 147 Å². The minimum absolute atomic E-state index is 0.244. The molecule has 0 saturated heterocycles. The molecule has 2 rings (SSSR count). The summed E-state index contributed by atoms with van der Waals surface area (Å²) in [4.78, 5) is 4.13. The first-order valence-electron chi connectivity index (χ1n) is 8.11. The van der Waals surface area contributed by atoms with Gasteiger partial charge in [0, 0.05) is 25.7 Å². The summed E-state index contributed by atoms with van der Waals surface area (Å²) in [7, 11) is 3.34. The van der Waals surface area contributed by atoms with E-state index in [0.717, 1.165) is 16.9 Å². The molecule has 0 spiro atoms. The SMILES string of the molecule is CN=C(NCCOCc1ccccc1OC)NCc1cccc(F)c1. The van der Waals surface area contributed by atoms with E-state index in [-0.39, 0.29) is 5.82 Å². The smallest absolute Gasteiger partial charge is 0.191 e. The molecule has 0 aliphatic carbocycles. The van der Waals surface area contributed by atoms with Crippen LogP contribution in [0.3, 0.4) is 0 Å². The first-order chi connectivity index (χ1) is 12.2. The number of aliphatic imine (C=N–C) groups is 1. The molecular formula is C19H24FN3O2. The van der Waals surface area contributed by atoms with Crippen LogP contribution in [-0.4, -0.2) is 33.3 Å². The van der Waals surface area contributed by atoms with Gasteiger partial charge in [-0.1, -0.05) is 30.3 Å². The molecule has 134 valence electrons. The van der Waals surface area contributed by atoms with Gasteiger partial charge in [-0.3, -0.25) is 4.99 Å². The van der Waals surface area contributed by atoms with Gasteiger partial charge in [0.05, 0.1) is 20.3 Å². The van der Waals surface area contributed by atoms with E-state index in [1.165, 1.54) is 12.1 Å². The quantitative estimate of drug-likeness (QED) is 0.439. The van der Waals surface area contributed by atoms with Crippen LogP contribution in [0, 0.1) is 5.82 Å². The molecule has 0 aromatic heterocycles. The Hall–Kier alpha value is -2.60. The number of hydrogen-bond donors (Lipinski definition) is 2. The van der Waals surface area contributed by atoms with E-state index in [1.54, 1.807) is 20.2 Å². The zero-order chi connectivity index (χ0) is 17.9. The van der Waals surface area contributed by atoms with Crippen molar-refractivity contribution in [1.29, 1.82) is 0 Å². The topological polar surface area (TPSA) is 54.9 Å². The van der Waals surface area contributed by atoms with Crippen LogP contribution < -0.4 is 15.4 Å². The monoisotopic (exact) mass is 345 g/mol. The van der Waals surface area contributed by atoms with E-state index < -0.39 is 0 Å². The van der Waals surface area contributed by atoms with Crippen LogP contribution in [-0.2, 0) is 17.9 Å². The fourth-order valence-corrected chi connectivity index (χ4v) is 2.30. The van der Waals surface area contributed by atoms with Crippen molar-refractivity contribution in [3.63, 3.8) is 0 Å². The van der Waals surface area contributed by atoms with E-state index in [2.05, 4.69) is 15.6 Å². The molecule has 0 aliphatic rings. The minimum Gasteiger partial charge on any atom is -0.496 e. The number of hydrogen-bond acceptors (Lipinski definition) is 3. The van der Waals surface area contributed by atoms with Crippen molar-refractivity contribution in [2.75, 3.05) is 27.3 Å². The summed E-state index contributed by atoms with van der Waals surface area (Å²) in [6, 6.07) is 14.2. The van der Waals surface area contributed by atoms with Crippen LogP contribution in [0.1, 0.15) is 11.1 Å². The van der Waals surface area contributed by atoms with Gasteiger partial charge in [0.15, 0.2) is 5.96 Å². The highest BCUT2D eigenvalue weighted by Gasteiger charge is 2.02. The van der Waals surface area contributed by atoms with Crippen LogP contribution in [0.2, 0.25) is 0 Å². The molecule has 5 nitrogen and oxygen atoms in total. The number of rotatable bonds is 8. The Bertz CT molecular complexity index is 692. The molecule has 0 atom stereocenters. The second-order valence-corrected chi connectivity index (χ2v) is 5.35. The van der Waals surface area contributed by atoms with Gasteiger partial charge < -0.3 is 20.1 Å². The molecule has 2 aromatic carbocycles. The third kappa shape index (κ3) is 6.43. The van der Waals surface area contributed by atoms with Crippen molar-refractivity contribution in [3.05, 3.63) is 65.5 Å². The van der Waals surface area contributed by atoms with Crippen molar-refractivity contribution >= 4 is 5.96 Å². The number of guanidine groups is 1. The van der Waals surface area contributed by atoms with Gasteiger partial charge in [-0.15, -0.1) is 0 Å². The van der Waals surface area contributed by atoms with E-state index in [4.69, 9.17) is 9.47 Å². The average molecular weight is 345 g/mol. The lowest BCUT2D eigenvalue weighted by atomic mass is 10.2. The van der Waals surface area contributed by atoms with Gasteiger partial charge in [0.25, 0.3) is 0 Å². The molecular weight excluding hydrogens is 321 g/mol. The average Bonchev–Trinajstić information content (AvgIpc) is 2.64. The predicted molar refractivity (Wildman–Crippen MR) is 97.3 cm³/mol. The number of benzene rings is 2. The second-order valence-electron chi connectivity index (χ2n) is 5.35. The van der Waals surface area contributed by atoms with Crippen LogP contribution in [0.25, 0.3) is 0 Å². The standard InChI is InChI=1S/C19H24FN3O2/c1-21-19(23-13-15-6-5-8-17(20)12-15)22-10-11-25-14-16-7-3-4-9-18(16)24-2/h3-9,12H,10-11,13-14H2,1-2H3,(H2,21,22,23). The molecule has 0 amide bonds. The van der Waals surface area contributed by atoms with Crippen molar-refractivity contribution < 1.29 is 13.9 Å². The van der Waals surface area contributed by atoms with Crippen LogP contribution in [0.5, 0.6) is 5.75 Å². The number of para-hydroxylation sites is 1. The molecule has 0 fully saturated rings. The fraction of sp³-hybridized carbons (Fsp3) is 0.316. The number of ether oxygens (including phenoxy) is 2. The maximum Gasteiger partial charge on any atom is 0.191 e. The molecule has 0 radical (unpaired) electrons. The number of nitrogens with zero attached hydrogens (tertiary/aromatic N) is 1. The Morgan fingerprint density at radius 3 is 2.72 bits per heavy atom. The normalized spacial score (nSPS) is 11.2. The van der Waals surface area contributed by atoms with Gasteiger partial charge >= 0.3 is 0 Å². The summed E-state index contributed by atoms with van der Waals surface area (Å²) >= 11 is 0. The first kappa shape index (κ1) is 18.7.